The number of nitrogens with zero attached hydrogens (tertiary/aromatic N) is 1. The molecule has 7 heteroatoms. The summed E-state index contributed by atoms with van der Waals surface area (Å²) < 4.78 is 39.2. The second-order valence-corrected chi connectivity index (χ2v) is 6.07. The lowest BCUT2D eigenvalue weighted by Crippen LogP contribution is -2.43. The first kappa shape index (κ1) is 16.3. The molecule has 2 rings (SSSR count). The first-order valence-electron chi connectivity index (χ1n) is 6.64. The molecule has 1 heterocycles. The van der Waals surface area contributed by atoms with Crippen LogP contribution in [0.1, 0.15) is 28.8 Å². The Bertz CT molecular complexity index is 525. The molecule has 1 saturated heterocycles. The van der Waals surface area contributed by atoms with E-state index in [0.29, 0.717) is 0 Å². The van der Waals surface area contributed by atoms with Crippen molar-refractivity contribution in [3.05, 3.63) is 33.8 Å². The number of alkyl halides is 3. The summed E-state index contributed by atoms with van der Waals surface area (Å²) in [5, 5.41) is 2.71. The molecular weight excluding hydrogens is 349 g/mol. The van der Waals surface area contributed by atoms with Gasteiger partial charge in [0.05, 0.1) is 11.1 Å². The molecule has 116 valence electrons. The minimum Gasteiger partial charge on any atom is -0.349 e. The van der Waals surface area contributed by atoms with Gasteiger partial charge in [0.15, 0.2) is 0 Å². The van der Waals surface area contributed by atoms with Gasteiger partial charge in [-0.25, -0.2) is 0 Å². The molecule has 0 unspecified atom stereocenters. The third-order valence-electron chi connectivity index (χ3n) is 3.60. The molecule has 1 N–H and O–H groups in total. The molecule has 21 heavy (non-hydrogen) atoms. The van der Waals surface area contributed by atoms with E-state index in [1.807, 2.05) is 7.05 Å². The third kappa shape index (κ3) is 3.97. The number of nitrogens with one attached hydrogen (secondary N) is 1. The fraction of sp³-hybridized carbons (Fsp3) is 0.500. The summed E-state index contributed by atoms with van der Waals surface area (Å²) in [6, 6.07) is 3.56. The minimum atomic E-state index is -4.55. The summed E-state index contributed by atoms with van der Waals surface area (Å²) in [6.07, 6.45) is -3.06. The lowest BCUT2D eigenvalue weighted by molar-refractivity contribution is -0.138. The maximum absolute atomic E-state index is 13.0. The number of rotatable bonds is 2. The molecule has 1 aliphatic heterocycles. The quantitative estimate of drug-likeness (QED) is 0.873. The van der Waals surface area contributed by atoms with Gasteiger partial charge >= 0.3 is 6.18 Å². The highest BCUT2D eigenvalue weighted by molar-refractivity contribution is 9.10. The lowest BCUT2D eigenvalue weighted by atomic mass is 10.0. The topological polar surface area (TPSA) is 32.3 Å². The number of piperidine rings is 1. The van der Waals surface area contributed by atoms with E-state index < -0.39 is 17.6 Å². The largest absolute Gasteiger partial charge is 0.417 e. The number of amides is 1. The molecule has 0 aliphatic carbocycles. The molecule has 0 radical (unpaired) electrons. The van der Waals surface area contributed by atoms with Crippen molar-refractivity contribution in [2.75, 3.05) is 20.1 Å². The van der Waals surface area contributed by atoms with Crippen molar-refractivity contribution >= 4 is 21.8 Å². The van der Waals surface area contributed by atoms with Gasteiger partial charge in [0, 0.05) is 10.5 Å². The smallest absolute Gasteiger partial charge is 0.349 e. The van der Waals surface area contributed by atoms with E-state index >= 15 is 0 Å². The van der Waals surface area contributed by atoms with Crippen LogP contribution in [0.4, 0.5) is 13.2 Å². The summed E-state index contributed by atoms with van der Waals surface area (Å²) >= 11 is 3.05. The van der Waals surface area contributed by atoms with Crippen molar-refractivity contribution in [2.45, 2.75) is 25.1 Å². The van der Waals surface area contributed by atoms with Crippen LogP contribution in [0.3, 0.4) is 0 Å². The zero-order chi connectivity index (χ0) is 15.6. The Labute approximate surface area is 129 Å². The van der Waals surface area contributed by atoms with Crippen molar-refractivity contribution in [3.8, 4) is 0 Å². The number of benzene rings is 1. The Hall–Kier alpha value is -1.08. The van der Waals surface area contributed by atoms with Gasteiger partial charge in [0.1, 0.15) is 0 Å². The van der Waals surface area contributed by atoms with Gasteiger partial charge in [-0.1, -0.05) is 6.07 Å². The second-order valence-electron chi connectivity index (χ2n) is 5.21. The predicted molar refractivity (Wildman–Crippen MR) is 77.1 cm³/mol. The molecular formula is C14H16BrF3N2O. The van der Waals surface area contributed by atoms with E-state index in [1.165, 1.54) is 12.1 Å². The lowest BCUT2D eigenvalue weighted by Gasteiger charge is -2.29. The molecule has 0 atom stereocenters. The highest BCUT2D eigenvalue weighted by atomic mass is 79.9. The number of carbonyl (C=O) groups excluding carboxylic acids is 1. The van der Waals surface area contributed by atoms with E-state index in [9.17, 15) is 18.0 Å². The highest BCUT2D eigenvalue weighted by Crippen LogP contribution is 2.35. The Kier molecular flexibility index (Phi) is 4.93. The maximum atomic E-state index is 13.0. The average Bonchev–Trinajstić information content (AvgIpc) is 2.40. The molecule has 1 aromatic carbocycles. The minimum absolute atomic E-state index is 0.0816. The van der Waals surface area contributed by atoms with Gasteiger partial charge in [-0.2, -0.15) is 13.2 Å². The van der Waals surface area contributed by atoms with Crippen molar-refractivity contribution in [2.24, 2.45) is 0 Å². The van der Waals surface area contributed by atoms with Crippen LogP contribution in [0.15, 0.2) is 22.7 Å². The van der Waals surface area contributed by atoms with Crippen molar-refractivity contribution in [3.63, 3.8) is 0 Å². The van der Waals surface area contributed by atoms with Gasteiger partial charge in [0.2, 0.25) is 0 Å². The summed E-state index contributed by atoms with van der Waals surface area (Å²) in [5.74, 6) is -0.677. The van der Waals surface area contributed by atoms with E-state index in [1.54, 1.807) is 0 Å². The standard InChI is InChI=1S/C14H16BrF3N2O/c1-20-7-5-9(6-8-20)19-13(21)12-10(14(16,17)18)3-2-4-11(12)15/h2-4,9H,5-8H2,1H3,(H,19,21). The Morgan fingerprint density at radius 2 is 1.95 bits per heavy atom. The first-order valence-corrected chi connectivity index (χ1v) is 7.43. The number of halogens is 4. The van der Waals surface area contributed by atoms with E-state index in [0.717, 1.165) is 32.0 Å². The van der Waals surface area contributed by atoms with E-state index in [-0.39, 0.29) is 16.1 Å². The van der Waals surface area contributed by atoms with Crippen LogP contribution in [0.5, 0.6) is 0 Å². The average molecular weight is 365 g/mol. The fourth-order valence-electron chi connectivity index (χ4n) is 2.40. The van der Waals surface area contributed by atoms with Crippen LogP contribution in [0.2, 0.25) is 0 Å². The summed E-state index contributed by atoms with van der Waals surface area (Å²) in [6.45, 7) is 1.65. The van der Waals surface area contributed by atoms with Crippen LogP contribution in [-0.2, 0) is 6.18 Å². The number of hydrogen-bond acceptors (Lipinski definition) is 2. The van der Waals surface area contributed by atoms with Crippen molar-refractivity contribution in [1.82, 2.24) is 10.2 Å². The van der Waals surface area contributed by atoms with Crippen LogP contribution < -0.4 is 5.32 Å². The maximum Gasteiger partial charge on any atom is 0.417 e. The Balaban J connectivity index is 2.19. The monoisotopic (exact) mass is 364 g/mol. The molecule has 0 spiro atoms. The van der Waals surface area contributed by atoms with Gasteiger partial charge in [-0.05, 0) is 61.0 Å². The van der Waals surface area contributed by atoms with Crippen LogP contribution in [0, 0.1) is 0 Å². The highest BCUT2D eigenvalue weighted by Gasteiger charge is 2.36. The van der Waals surface area contributed by atoms with Crippen LogP contribution in [0.25, 0.3) is 0 Å². The molecule has 1 aromatic rings. The first-order chi connectivity index (χ1) is 9.79. The zero-order valence-corrected chi connectivity index (χ0v) is 13.1. The van der Waals surface area contributed by atoms with Gasteiger partial charge in [-0.3, -0.25) is 4.79 Å². The third-order valence-corrected chi connectivity index (χ3v) is 4.26. The van der Waals surface area contributed by atoms with E-state index in [2.05, 4.69) is 26.1 Å². The zero-order valence-electron chi connectivity index (χ0n) is 11.5. The van der Waals surface area contributed by atoms with Crippen molar-refractivity contribution < 1.29 is 18.0 Å². The second kappa shape index (κ2) is 6.36. The molecule has 1 amide bonds. The van der Waals surface area contributed by atoms with Gasteiger partial charge in [-0.15, -0.1) is 0 Å². The molecule has 1 fully saturated rings. The fourth-order valence-corrected chi connectivity index (χ4v) is 2.95. The molecule has 0 aromatic heterocycles. The SMILES string of the molecule is CN1CCC(NC(=O)c2c(Br)cccc2C(F)(F)F)CC1. The molecule has 3 nitrogen and oxygen atoms in total. The number of hydrogen-bond donors (Lipinski definition) is 1. The molecule has 0 bridgehead atoms. The van der Waals surface area contributed by atoms with Crippen LogP contribution >= 0.6 is 15.9 Å². The van der Waals surface area contributed by atoms with Crippen molar-refractivity contribution in [1.29, 1.82) is 0 Å². The van der Waals surface area contributed by atoms with Crippen LogP contribution in [-0.4, -0.2) is 37.0 Å². The summed E-state index contributed by atoms with van der Waals surface area (Å²) in [5.41, 5.74) is -1.26. The number of likely N-dealkylation sites (tertiary alicyclic amines) is 1. The van der Waals surface area contributed by atoms with Gasteiger partial charge in [0.25, 0.3) is 5.91 Å². The normalized spacial score (nSPS) is 17.8. The van der Waals surface area contributed by atoms with Gasteiger partial charge < -0.3 is 10.2 Å². The molecule has 1 aliphatic rings. The summed E-state index contributed by atoms with van der Waals surface area (Å²) in [4.78, 5) is 14.4. The Morgan fingerprint density at radius 3 is 2.52 bits per heavy atom. The Morgan fingerprint density at radius 1 is 1.33 bits per heavy atom. The molecule has 0 saturated carbocycles. The summed E-state index contributed by atoms with van der Waals surface area (Å²) in [7, 11) is 1.98. The van der Waals surface area contributed by atoms with E-state index in [4.69, 9.17) is 0 Å². The predicted octanol–water partition coefficient (Wildman–Crippen LogP) is 3.29. The number of carbonyl (C=O) groups is 1.